The zero-order valence-electron chi connectivity index (χ0n) is 17.6. The number of carbonyl (C=O) groups is 1. The summed E-state index contributed by atoms with van der Waals surface area (Å²) >= 11 is 9.46. The van der Waals surface area contributed by atoms with E-state index < -0.39 is 0 Å². The largest absolute Gasteiger partial charge is 0.496 e. The molecule has 0 radical (unpaired) electrons. The van der Waals surface area contributed by atoms with Crippen molar-refractivity contribution in [2.75, 3.05) is 13.7 Å². The summed E-state index contributed by atoms with van der Waals surface area (Å²) in [5, 5.41) is 4.74. The average Bonchev–Trinajstić information content (AvgIpc) is 2.81. The smallest absolute Gasteiger partial charge is 0.275 e. The van der Waals surface area contributed by atoms with Crippen LogP contribution < -0.4 is 19.6 Å². The summed E-state index contributed by atoms with van der Waals surface area (Å²) in [5.74, 6) is 1.26. The first-order valence-electron chi connectivity index (χ1n) is 9.81. The highest BCUT2D eigenvalue weighted by atomic mass is 79.9. The first-order valence-corrected chi connectivity index (χ1v) is 11.0. The Morgan fingerprint density at radius 2 is 1.78 bits per heavy atom. The van der Waals surface area contributed by atoms with Crippen LogP contribution >= 0.6 is 27.5 Å². The maximum Gasteiger partial charge on any atom is 0.275 e. The number of benzene rings is 3. The second-order valence-corrected chi connectivity index (χ2v) is 7.86. The highest BCUT2D eigenvalue weighted by molar-refractivity contribution is 9.10. The van der Waals surface area contributed by atoms with Gasteiger partial charge in [-0.25, -0.2) is 5.43 Å². The van der Waals surface area contributed by atoms with Crippen LogP contribution in [0.4, 0.5) is 0 Å². The molecule has 3 aromatic carbocycles. The molecule has 0 saturated carbocycles. The number of rotatable bonds is 9. The minimum Gasteiger partial charge on any atom is -0.496 e. The lowest BCUT2D eigenvalue weighted by atomic mass is 10.2. The Labute approximate surface area is 200 Å². The third-order valence-corrected chi connectivity index (χ3v) is 5.33. The van der Waals surface area contributed by atoms with E-state index in [1.54, 1.807) is 30.3 Å². The summed E-state index contributed by atoms with van der Waals surface area (Å²) in [6.07, 6.45) is 1.53. The zero-order valence-corrected chi connectivity index (χ0v) is 19.9. The van der Waals surface area contributed by atoms with Crippen LogP contribution in [0.1, 0.15) is 28.4 Å². The fourth-order valence-corrected chi connectivity index (χ4v) is 3.38. The Hall–Kier alpha value is -3.03. The van der Waals surface area contributed by atoms with E-state index in [1.165, 1.54) is 13.3 Å². The third kappa shape index (κ3) is 6.24. The molecule has 0 spiro atoms. The van der Waals surface area contributed by atoms with Gasteiger partial charge in [0, 0.05) is 15.1 Å². The van der Waals surface area contributed by atoms with Crippen molar-refractivity contribution < 1.29 is 19.0 Å². The minimum atomic E-state index is -0.372. The highest BCUT2D eigenvalue weighted by Gasteiger charge is 2.12. The molecule has 0 aliphatic rings. The van der Waals surface area contributed by atoms with Crippen molar-refractivity contribution in [2.24, 2.45) is 5.10 Å². The van der Waals surface area contributed by atoms with E-state index in [0.717, 1.165) is 10.0 Å². The van der Waals surface area contributed by atoms with Gasteiger partial charge in [-0.3, -0.25) is 4.79 Å². The van der Waals surface area contributed by atoms with E-state index in [0.29, 0.717) is 46.6 Å². The quantitative estimate of drug-likeness (QED) is 0.285. The molecule has 6 nitrogen and oxygen atoms in total. The Morgan fingerprint density at radius 3 is 2.50 bits per heavy atom. The number of amides is 1. The van der Waals surface area contributed by atoms with Gasteiger partial charge in [-0.15, -0.1) is 0 Å². The Kier molecular flexibility index (Phi) is 8.53. The normalized spacial score (nSPS) is 10.8. The Balaban J connectivity index is 1.73. The molecule has 32 heavy (non-hydrogen) atoms. The number of hydrazone groups is 1. The van der Waals surface area contributed by atoms with E-state index in [-0.39, 0.29) is 5.91 Å². The second kappa shape index (κ2) is 11.5. The van der Waals surface area contributed by atoms with Crippen molar-refractivity contribution in [2.45, 2.75) is 13.5 Å². The SMILES string of the molecule is CCOc1cc(/C=N\NC(=O)c2ccccc2OC)c(Br)cc1OCc1ccc(Cl)cc1. The van der Waals surface area contributed by atoms with Gasteiger partial charge in [-0.05, 0) is 64.8 Å². The van der Waals surface area contributed by atoms with Gasteiger partial charge < -0.3 is 14.2 Å². The first-order chi connectivity index (χ1) is 15.5. The van der Waals surface area contributed by atoms with E-state index >= 15 is 0 Å². The molecule has 0 aliphatic heterocycles. The molecular weight excluding hydrogens is 496 g/mol. The number of para-hydroxylation sites is 1. The van der Waals surface area contributed by atoms with Crippen molar-refractivity contribution in [1.82, 2.24) is 5.43 Å². The number of hydrogen-bond donors (Lipinski definition) is 1. The molecule has 0 unspecified atom stereocenters. The van der Waals surface area contributed by atoms with Crippen LogP contribution in [-0.2, 0) is 6.61 Å². The Bertz CT molecular complexity index is 1100. The Morgan fingerprint density at radius 1 is 1.06 bits per heavy atom. The molecular formula is C24H22BrClN2O4. The van der Waals surface area contributed by atoms with Gasteiger partial charge in [-0.1, -0.05) is 35.9 Å². The molecule has 0 atom stereocenters. The lowest BCUT2D eigenvalue weighted by molar-refractivity contribution is 0.0952. The van der Waals surface area contributed by atoms with Gasteiger partial charge in [-0.2, -0.15) is 5.10 Å². The van der Waals surface area contributed by atoms with Crippen molar-refractivity contribution in [3.8, 4) is 17.2 Å². The molecule has 0 saturated heterocycles. The maximum atomic E-state index is 12.4. The molecule has 0 heterocycles. The van der Waals surface area contributed by atoms with Gasteiger partial charge in [0.05, 0.1) is 25.5 Å². The van der Waals surface area contributed by atoms with Gasteiger partial charge in [0.25, 0.3) is 5.91 Å². The number of ether oxygens (including phenoxy) is 3. The van der Waals surface area contributed by atoms with Crippen molar-refractivity contribution in [1.29, 1.82) is 0 Å². The average molecular weight is 518 g/mol. The topological polar surface area (TPSA) is 69.2 Å². The summed E-state index contributed by atoms with van der Waals surface area (Å²) in [6, 6.07) is 18.0. The van der Waals surface area contributed by atoms with Gasteiger partial charge in [0.15, 0.2) is 11.5 Å². The number of hydrogen-bond acceptors (Lipinski definition) is 5. The van der Waals surface area contributed by atoms with Crippen molar-refractivity contribution in [3.05, 3.63) is 86.8 Å². The molecule has 3 rings (SSSR count). The summed E-state index contributed by atoms with van der Waals surface area (Å²) in [5.41, 5.74) is 4.61. The lowest BCUT2D eigenvalue weighted by Crippen LogP contribution is -2.18. The van der Waals surface area contributed by atoms with Crippen LogP contribution in [0.25, 0.3) is 0 Å². The lowest BCUT2D eigenvalue weighted by Gasteiger charge is -2.14. The molecule has 1 amide bonds. The van der Waals surface area contributed by atoms with Crippen LogP contribution in [0, 0.1) is 0 Å². The summed E-state index contributed by atoms with van der Waals surface area (Å²) in [7, 11) is 1.51. The molecule has 8 heteroatoms. The van der Waals surface area contributed by atoms with E-state index in [2.05, 4.69) is 26.5 Å². The second-order valence-electron chi connectivity index (χ2n) is 6.57. The highest BCUT2D eigenvalue weighted by Crippen LogP contribution is 2.34. The predicted molar refractivity (Wildman–Crippen MR) is 129 cm³/mol. The standard InChI is InChI=1S/C24H22BrClN2O4/c1-3-31-22-12-17(14-27-28-24(29)19-6-4-5-7-21(19)30-2)20(25)13-23(22)32-15-16-8-10-18(26)11-9-16/h4-14H,3,15H2,1-2H3,(H,28,29)/b27-14-. The van der Waals surface area contributed by atoms with Crippen LogP contribution in [0.3, 0.4) is 0 Å². The van der Waals surface area contributed by atoms with Crippen LogP contribution in [0.2, 0.25) is 5.02 Å². The van der Waals surface area contributed by atoms with Crippen molar-refractivity contribution >= 4 is 39.7 Å². The van der Waals surface area contributed by atoms with Crippen LogP contribution in [0.15, 0.2) is 70.2 Å². The summed E-state index contributed by atoms with van der Waals surface area (Å²) in [6.45, 7) is 2.73. The fourth-order valence-electron chi connectivity index (χ4n) is 2.83. The molecule has 166 valence electrons. The van der Waals surface area contributed by atoms with E-state index in [9.17, 15) is 4.79 Å². The van der Waals surface area contributed by atoms with Gasteiger partial charge >= 0.3 is 0 Å². The molecule has 0 bridgehead atoms. The van der Waals surface area contributed by atoms with E-state index in [1.807, 2.05) is 37.3 Å². The first kappa shape index (κ1) is 23.6. The number of nitrogens with zero attached hydrogens (tertiary/aromatic N) is 1. The molecule has 0 aliphatic carbocycles. The minimum absolute atomic E-state index is 0.367. The zero-order chi connectivity index (χ0) is 22.9. The summed E-state index contributed by atoms with van der Waals surface area (Å²) < 4.78 is 17.6. The van der Waals surface area contributed by atoms with Crippen LogP contribution in [-0.4, -0.2) is 25.8 Å². The number of methoxy groups -OCH3 is 1. The number of nitrogens with one attached hydrogen (secondary N) is 1. The maximum absolute atomic E-state index is 12.4. The number of carbonyl (C=O) groups excluding carboxylic acids is 1. The predicted octanol–water partition coefficient (Wildman–Crippen LogP) is 5.85. The van der Waals surface area contributed by atoms with Crippen molar-refractivity contribution in [3.63, 3.8) is 0 Å². The monoisotopic (exact) mass is 516 g/mol. The summed E-state index contributed by atoms with van der Waals surface area (Å²) in [4.78, 5) is 12.4. The fraction of sp³-hybridized carbons (Fsp3) is 0.167. The molecule has 0 fully saturated rings. The van der Waals surface area contributed by atoms with Crippen LogP contribution in [0.5, 0.6) is 17.2 Å². The van der Waals surface area contributed by atoms with Gasteiger partial charge in [0.1, 0.15) is 12.4 Å². The third-order valence-electron chi connectivity index (χ3n) is 4.39. The van der Waals surface area contributed by atoms with E-state index in [4.69, 9.17) is 25.8 Å². The number of halogens is 2. The molecule has 1 N–H and O–H groups in total. The molecule has 0 aromatic heterocycles. The molecule has 3 aromatic rings. The van der Waals surface area contributed by atoms with Gasteiger partial charge in [0.2, 0.25) is 0 Å².